The van der Waals surface area contributed by atoms with Gasteiger partial charge in [0.25, 0.3) is 0 Å². The van der Waals surface area contributed by atoms with E-state index in [1.54, 1.807) is 0 Å². The Balaban J connectivity index is 2.53. The van der Waals surface area contributed by atoms with E-state index in [0.29, 0.717) is 13.0 Å². The fourth-order valence-electron chi connectivity index (χ4n) is 1.11. The normalized spacial score (nSPS) is 30.9. The SMILES string of the molecule is O=C(O)N1CC[C@@](F)(CBr)C1. The Kier molecular flexibility index (Phi) is 2.37. The van der Waals surface area contributed by atoms with Crippen molar-refractivity contribution in [3.05, 3.63) is 0 Å². The highest BCUT2D eigenvalue weighted by atomic mass is 79.9. The van der Waals surface area contributed by atoms with Gasteiger partial charge in [-0.1, -0.05) is 15.9 Å². The highest BCUT2D eigenvalue weighted by Crippen LogP contribution is 2.27. The molecule has 0 radical (unpaired) electrons. The molecule has 1 N–H and O–H groups in total. The van der Waals surface area contributed by atoms with Gasteiger partial charge in [-0.15, -0.1) is 0 Å². The number of amides is 1. The van der Waals surface area contributed by atoms with E-state index in [1.807, 2.05) is 0 Å². The highest BCUT2D eigenvalue weighted by molar-refractivity contribution is 9.09. The van der Waals surface area contributed by atoms with Crippen molar-refractivity contribution in [3.63, 3.8) is 0 Å². The van der Waals surface area contributed by atoms with Crippen LogP contribution in [-0.2, 0) is 0 Å². The van der Waals surface area contributed by atoms with Crippen LogP contribution >= 0.6 is 15.9 Å². The third-order valence-electron chi connectivity index (χ3n) is 1.81. The molecular formula is C6H9BrFNO2. The molecule has 0 spiro atoms. The zero-order chi connectivity index (χ0) is 8.48. The summed E-state index contributed by atoms with van der Waals surface area (Å²) in [4.78, 5) is 11.4. The quantitative estimate of drug-likeness (QED) is 0.688. The molecule has 1 amide bonds. The first kappa shape index (κ1) is 8.77. The summed E-state index contributed by atoms with van der Waals surface area (Å²) in [7, 11) is 0. The Hall–Kier alpha value is -0.320. The lowest BCUT2D eigenvalue weighted by molar-refractivity contribution is 0.142. The zero-order valence-electron chi connectivity index (χ0n) is 5.89. The first-order chi connectivity index (χ1) is 5.07. The fourth-order valence-corrected chi connectivity index (χ4v) is 1.57. The maximum absolute atomic E-state index is 13.3. The van der Waals surface area contributed by atoms with Crippen LogP contribution in [0.2, 0.25) is 0 Å². The molecule has 3 nitrogen and oxygen atoms in total. The first-order valence-corrected chi connectivity index (χ1v) is 4.42. The molecule has 1 atom stereocenters. The summed E-state index contributed by atoms with van der Waals surface area (Å²) in [5.74, 6) is 0. The molecule has 0 saturated carbocycles. The molecule has 0 aromatic carbocycles. The molecule has 1 saturated heterocycles. The Morgan fingerprint density at radius 3 is 2.73 bits per heavy atom. The molecule has 0 unspecified atom stereocenters. The maximum Gasteiger partial charge on any atom is 0.407 e. The Labute approximate surface area is 72.3 Å². The number of hydrogen-bond acceptors (Lipinski definition) is 1. The number of likely N-dealkylation sites (tertiary alicyclic amines) is 1. The van der Waals surface area contributed by atoms with Crippen LogP contribution in [-0.4, -0.2) is 40.2 Å². The van der Waals surface area contributed by atoms with Crippen LogP contribution in [0, 0.1) is 0 Å². The Morgan fingerprint density at radius 2 is 2.45 bits per heavy atom. The lowest BCUT2D eigenvalue weighted by Crippen LogP contribution is -2.33. The highest BCUT2D eigenvalue weighted by Gasteiger charge is 2.39. The molecule has 1 heterocycles. The van der Waals surface area contributed by atoms with Crippen molar-refractivity contribution in [2.45, 2.75) is 12.1 Å². The Bertz CT molecular complexity index is 178. The lowest BCUT2D eigenvalue weighted by Gasteiger charge is -2.15. The zero-order valence-corrected chi connectivity index (χ0v) is 7.47. The van der Waals surface area contributed by atoms with Crippen LogP contribution in [0.15, 0.2) is 0 Å². The molecule has 1 aliphatic rings. The van der Waals surface area contributed by atoms with E-state index in [2.05, 4.69) is 15.9 Å². The van der Waals surface area contributed by atoms with Gasteiger partial charge in [0, 0.05) is 18.3 Å². The van der Waals surface area contributed by atoms with Crippen LogP contribution in [0.25, 0.3) is 0 Å². The lowest BCUT2D eigenvalue weighted by atomic mass is 10.1. The number of carboxylic acid groups (broad SMARTS) is 1. The first-order valence-electron chi connectivity index (χ1n) is 3.30. The largest absolute Gasteiger partial charge is 0.465 e. The molecule has 0 aromatic rings. The number of rotatable bonds is 1. The van der Waals surface area contributed by atoms with Gasteiger partial charge in [-0.25, -0.2) is 9.18 Å². The second-order valence-electron chi connectivity index (χ2n) is 2.74. The van der Waals surface area contributed by atoms with Gasteiger partial charge >= 0.3 is 6.09 Å². The van der Waals surface area contributed by atoms with E-state index in [0.717, 1.165) is 4.90 Å². The van der Waals surface area contributed by atoms with Crippen LogP contribution < -0.4 is 0 Å². The second kappa shape index (κ2) is 2.97. The van der Waals surface area contributed by atoms with Crippen molar-refractivity contribution in [2.24, 2.45) is 0 Å². The number of hydrogen-bond donors (Lipinski definition) is 1. The smallest absolute Gasteiger partial charge is 0.407 e. The van der Waals surface area contributed by atoms with E-state index in [1.165, 1.54) is 0 Å². The summed E-state index contributed by atoms with van der Waals surface area (Å²) in [6.07, 6.45) is -0.740. The van der Waals surface area contributed by atoms with E-state index >= 15 is 0 Å². The molecule has 0 aliphatic carbocycles. The number of nitrogens with zero attached hydrogens (tertiary/aromatic N) is 1. The van der Waals surface area contributed by atoms with Gasteiger partial charge in [0.05, 0.1) is 6.54 Å². The number of carbonyl (C=O) groups is 1. The van der Waals surface area contributed by atoms with Crippen molar-refractivity contribution < 1.29 is 14.3 Å². The van der Waals surface area contributed by atoms with E-state index in [9.17, 15) is 9.18 Å². The predicted octanol–water partition coefficient (Wildman–Crippen LogP) is 1.47. The predicted molar refractivity (Wildman–Crippen MR) is 41.8 cm³/mol. The van der Waals surface area contributed by atoms with Gasteiger partial charge in [0.15, 0.2) is 0 Å². The minimum Gasteiger partial charge on any atom is -0.465 e. The molecule has 1 fully saturated rings. The summed E-state index contributed by atoms with van der Waals surface area (Å²) >= 11 is 3.01. The molecule has 64 valence electrons. The van der Waals surface area contributed by atoms with Gasteiger partial charge in [-0.05, 0) is 0 Å². The van der Waals surface area contributed by atoms with Crippen molar-refractivity contribution in [3.8, 4) is 0 Å². The molecule has 1 rings (SSSR count). The van der Waals surface area contributed by atoms with Gasteiger partial charge in [0.2, 0.25) is 0 Å². The van der Waals surface area contributed by atoms with Crippen molar-refractivity contribution in [2.75, 3.05) is 18.4 Å². The van der Waals surface area contributed by atoms with Crippen LogP contribution in [0.1, 0.15) is 6.42 Å². The van der Waals surface area contributed by atoms with Gasteiger partial charge in [-0.3, -0.25) is 0 Å². The monoisotopic (exact) mass is 225 g/mol. The topological polar surface area (TPSA) is 40.5 Å². The van der Waals surface area contributed by atoms with Crippen molar-refractivity contribution in [1.82, 2.24) is 4.90 Å². The van der Waals surface area contributed by atoms with Gasteiger partial charge in [-0.2, -0.15) is 0 Å². The number of alkyl halides is 2. The molecular weight excluding hydrogens is 217 g/mol. The fraction of sp³-hybridized carbons (Fsp3) is 0.833. The molecule has 0 aromatic heterocycles. The minimum absolute atomic E-state index is 0.00637. The minimum atomic E-state index is -1.35. The van der Waals surface area contributed by atoms with Crippen molar-refractivity contribution in [1.29, 1.82) is 0 Å². The van der Waals surface area contributed by atoms with E-state index in [4.69, 9.17) is 5.11 Å². The summed E-state index contributed by atoms with van der Waals surface area (Å²) in [5.41, 5.74) is -1.35. The van der Waals surface area contributed by atoms with Gasteiger partial charge < -0.3 is 10.0 Å². The van der Waals surface area contributed by atoms with Crippen LogP contribution in [0.3, 0.4) is 0 Å². The van der Waals surface area contributed by atoms with Crippen LogP contribution in [0.5, 0.6) is 0 Å². The third-order valence-corrected chi connectivity index (χ3v) is 2.82. The van der Waals surface area contributed by atoms with E-state index in [-0.39, 0.29) is 11.9 Å². The average Bonchev–Trinajstić information content (AvgIpc) is 2.33. The van der Waals surface area contributed by atoms with E-state index < -0.39 is 11.8 Å². The molecule has 11 heavy (non-hydrogen) atoms. The summed E-state index contributed by atoms with van der Waals surface area (Å²) in [5, 5.41) is 8.70. The van der Waals surface area contributed by atoms with Crippen LogP contribution in [0.4, 0.5) is 9.18 Å². The molecule has 0 bridgehead atoms. The standard InChI is InChI=1S/C6H9BrFNO2/c7-3-6(8)1-2-9(4-6)5(10)11/h1-4H2,(H,10,11)/t6-/m1/s1. The maximum atomic E-state index is 13.3. The van der Waals surface area contributed by atoms with Crippen molar-refractivity contribution >= 4 is 22.0 Å². The third kappa shape index (κ3) is 1.83. The number of halogens is 2. The summed E-state index contributed by atoms with van der Waals surface area (Å²) in [6.45, 7) is 0.297. The second-order valence-corrected chi connectivity index (χ2v) is 3.30. The average molecular weight is 226 g/mol. The summed E-state index contributed by atoms with van der Waals surface area (Å²) < 4.78 is 13.3. The summed E-state index contributed by atoms with van der Waals surface area (Å²) in [6, 6.07) is 0. The molecule has 5 heteroatoms. The van der Waals surface area contributed by atoms with Gasteiger partial charge in [0.1, 0.15) is 5.67 Å². The molecule has 1 aliphatic heterocycles. The Morgan fingerprint density at radius 1 is 1.82 bits per heavy atom.